The Hall–Kier alpha value is -4.19. The first-order chi connectivity index (χ1) is 15.6. The van der Waals surface area contributed by atoms with Crippen molar-refractivity contribution in [3.63, 3.8) is 0 Å². The van der Waals surface area contributed by atoms with Gasteiger partial charge in [0.2, 0.25) is 0 Å². The number of hydrogen-bond donors (Lipinski definition) is 1. The van der Waals surface area contributed by atoms with Crippen molar-refractivity contribution in [2.75, 3.05) is 11.9 Å². The van der Waals surface area contributed by atoms with E-state index < -0.39 is 0 Å². The monoisotopic (exact) mass is 425 g/mol. The van der Waals surface area contributed by atoms with Gasteiger partial charge in [-0.1, -0.05) is 36.4 Å². The molecule has 0 unspecified atom stereocenters. The Balaban J connectivity index is 1.42. The summed E-state index contributed by atoms with van der Waals surface area (Å²) in [6.07, 6.45) is 3.48. The number of rotatable bonds is 7. The normalized spacial score (nSPS) is 10.4. The van der Waals surface area contributed by atoms with Crippen LogP contribution in [0.3, 0.4) is 0 Å². The van der Waals surface area contributed by atoms with E-state index in [1.165, 1.54) is 0 Å². The number of benzene rings is 3. The number of aryl methyl sites for hydroxylation is 1. The van der Waals surface area contributed by atoms with Crippen molar-refractivity contribution in [3.05, 3.63) is 96.3 Å². The van der Waals surface area contributed by atoms with E-state index in [1.807, 2.05) is 56.3 Å². The number of para-hydroxylation sites is 2. The maximum atomic E-state index is 12.6. The lowest BCUT2D eigenvalue weighted by Gasteiger charge is -2.11. The highest BCUT2D eigenvalue weighted by Gasteiger charge is 2.11. The van der Waals surface area contributed by atoms with Crippen LogP contribution in [0, 0.1) is 6.92 Å². The summed E-state index contributed by atoms with van der Waals surface area (Å²) in [6, 6.07) is 22.4. The molecule has 0 bridgehead atoms. The molecule has 0 aliphatic heterocycles. The fourth-order valence-corrected chi connectivity index (χ4v) is 3.23. The standard InChI is InChI=1S/C26H23N3O3/c1-3-31-24-11-7-6-10-23(24)29-25(30)19-12-14-21(15-13-19)32-26-27-16-20(17-28-26)22-9-5-4-8-18(22)2/h4-17H,3H2,1-2H3,(H,29,30). The minimum absolute atomic E-state index is 0.234. The van der Waals surface area contributed by atoms with E-state index in [1.54, 1.807) is 42.7 Å². The van der Waals surface area contributed by atoms with Crippen LogP contribution in [0.4, 0.5) is 5.69 Å². The third kappa shape index (κ3) is 4.92. The number of aromatic nitrogens is 2. The summed E-state index contributed by atoms with van der Waals surface area (Å²) in [7, 11) is 0. The SMILES string of the molecule is CCOc1ccccc1NC(=O)c1ccc(Oc2ncc(-c3ccccc3C)cn2)cc1. The minimum Gasteiger partial charge on any atom is -0.492 e. The Morgan fingerprint density at radius 1 is 0.906 bits per heavy atom. The summed E-state index contributed by atoms with van der Waals surface area (Å²) in [5.41, 5.74) is 4.29. The summed E-state index contributed by atoms with van der Waals surface area (Å²) in [6.45, 7) is 4.47. The average Bonchev–Trinajstić information content (AvgIpc) is 2.82. The molecule has 0 saturated carbocycles. The van der Waals surface area contributed by atoms with Gasteiger partial charge in [-0.3, -0.25) is 4.79 Å². The Morgan fingerprint density at radius 3 is 2.31 bits per heavy atom. The van der Waals surface area contributed by atoms with Crippen LogP contribution in [0.5, 0.6) is 17.5 Å². The second kappa shape index (κ2) is 9.75. The summed E-state index contributed by atoms with van der Waals surface area (Å²) >= 11 is 0. The molecule has 1 heterocycles. The zero-order chi connectivity index (χ0) is 22.3. The van der Waals surface area contributed by atoms with E-state index in [4.69, 9.17) is 9.47 Å². The number of ether oxygens (including phenoxy) is 2. The Labute approximate surface area is 186 Å². The molecular weight excluding hydrogens is 402 g/mol. The van der Waals surface area contributed by atoms with Crippen LogP contribution in [0.15, 0.2) is 85.2 Å². The third-order valence-electron chi connectivity index (χ3n) is 4.84. The van der Waals surface area contributed by atoms with Crippen molar-refractivity contribution in [1.29, 1.82) is 0 Å². The molecule has 3 aromatic carbocycles. The number of amides is 1. The Morgan fingerprint density at radius 2 is 1.59 bits per heavy atom. The van der Waals surface area contributed by atoms with E-state index in [9.17, 15) is 4.79 Å². The first-order valence-electron chi connectivity index (χ1n) is 10.3. The number of hydrogen-bond acceptors (Lipinski definition) is 5. The van der Waals surface area contributed by atoms with E-state index >= 15 is 0 Å². The highest BCUT2D eigenvalue weighted by molar-refractivity contribution is 6.05. The quantitative estimate of drug-likeness (QED) is 0.399. The predicted octanol–water partition coefficient (Wildman–Crippen LogP) is 5.90. The summed E-state index contributed by atoms with van der Waals surface area (Å²) in [5.74, 6) is 0.942. The fraction of sp³-hybridized carbons (Fsp3) is 0.115. The lowest BCUT2D eigenvalue weighted by atomic mass is 10.0. The van der Waals surface area contributed by atoms with Gasteiger partial charge >= 0.3 is 6.01 Å². The first kappa shape index (κ1) is 21.1. The smallest absolute Gasteiger partial charge is 0.321 e. The van der Waals surface area contributed by atoms with E-state index in [0.29, 0.717) is 29.4 Å². The molecule has 0 radical (unpaired) electrons. The third-order valence-corrected chi connectivity index (χ3v) is 4.84. The zero-order valence-corrected chi connectivity index (χ0v) is 17.9. The molecule has 6 heteroatoms. The zero-order valence-electron chi connectivity index (χ0n) is 17.9. The molecule has 4 aromatic rings. The largest absolute Gasteiger partial charge is 0.492 e. The van der Waals surface area contributed by atoms with E-state index in [-0.39, 0.29) is 11.9 Å². The molecule has 1 amide bonds. The maximum absolute atomic E-state index is 12.6. The predicted molar refractivity (Wildman–Crippen MR) is 124 cm³/mol. The van der Waals surface area contributed by atoms with Gasteiger partial charge in [0.1, 0.15) is 11.5 Å². The first-order valence-corrected chi connectivity index (χ1v) is 10.3. The van der Waals surface area contributed by atoms with Crippen LogP contribution < -0.4 is 14.8 Å². The van der Waals surface area contributed by atoms with Crippen molar-refractivity contribution in [2.45, 2.75) is 13.8 Å². The second-order valence-corrected chi connectivity index (χ2v) is 7.08. The van der Waals surface area contributed by atoms with Gasteiger partial charge in [0.15, 0.2) is 0 Å². The van der Waals surface area contributed by atoms with Crippen LogP contribution in [-0.4, -0.2) is 22.5 Å². The van der Waals surface area contributed by atoms with Gasteiger partial charge in [0, 0.05) is 23.5 Å². The van der Waals surface area contributed by atoms with Gasteiger partial charge in [0.05, 0.1) is 12.3 Å². The number of carbonyl (C=O) groups is 1. The maximum Gasteiger partial charge on any atom is 0.321 e. The number of nitrogens with one attached hydrogen (secondary N) is 1. The topological polar surface area (TPSA) is 73.3 Å². The van der Waals surface area contributed by atoms with Gasteiger partial charge in [-0.2, -0.15) is 0 Å². The average molecular weight is 425 g/mol. The second-order valence-electron chi connectivity index (χ2n) is 7.08. The Kier molecular flexibility index (Phi) is 6.41. The Bertz CT molecular complexity index is 1210. The lowest BCUT2D eigenvalue weighted by molar-refractivity contribution is 0.102. The molecule has 0 aliphatic carbocycles. The summed E-state index contributed by atoms with van der Waals surface area (Å²) < 4.78 is 11.3. The molecule has 32 heavy (non-hydrogen) atoms. The summed E-state index contributed by atoms with van der Waals surface area (Å²) in [5, 5.41) is 2.88. The van der Waals surface area contributed by atoms with Gasteiger partial charge in [-0.05, 0) is 61.4 Å². The van der Waals surface area contributed by atoms with E-state index in [2.05, 4.69) is 15.3 Å². The van der Waals surface area contributed by atoms with Crippen molar-refractivity contribution in [3.8, 4) is 28.6 Å². The number of anilines is 1. The summed E-state index contributed by atoms with van der Waals surface area (Å²) in [4.78, 5) is 21.2. The molecule has 0 atom stereocenters. The lowest BCUT2D eigenvalue weighted by Crippen LogP contribution is -2.12. The molecule has 0 aliphatic rings. The van der Waals surface area contributed by atoms with Gasteiger partial charge in [-0.25, -0.2) is 9.97 Å². The van der Waals surface area contributed by atoms with Gasteiger partial charge in [-0.15, -0.1) is 0 Å². The molecule has 160 valence electrons. The van der Waals surface area contributed by atoms with Crippen LogP contribution in [-0.2, 0) is 0 Å². The van der Waals surface area contributed by atoms with Crippen molar-refractivity contribution < 1.29 is 14.3 Å². The molecular formula is C26H23N3O3. The van der Waals surface area contributed by atoms with Crippen molar-refractivity contribution in [2.24, 2.45) is 0 Å². The minimum atomic E-state index is -0.234. The molecule has 4 rings (SSSR count). The van der Waals surface area contributed by atoms with Crippen LogP contribution in [0.25, 0.3) is 11.1 Å². The number of nitrogens with zero attached hydrogens (tertiary/aromatic N) is 2. The van der Waals surface area contributed by atoms with Crippen LogP contribution >= 0.6 is 0 Å². The highest BCUT2D eigenvalue weighted by atomic mass is 16.5. The molecule has 1 N–H and O–H groups in total. The van der Waals surface area contributed by atoms with Gasteiger partial charge < -0.3 is 14.8 Å². The number of carbonyl (C=O) groups excluding carboxylic acids is 1. The van der Waals surface area contributed by atoms with Gasteiger partial charge in [0.25, 0.3) is 5.91 Å². The van der Waals surface area contributed by atoms with E-state index in [0.717, 1.165) is 16.7 Å². The fourth-order valence-electron chi connectivity index (χ4n) is 3.23. The molecule has 0 saturated heterocycles. The van der Waals surface area contributed by atoms with Crippen LogP contribution in [0.1, 0.15) is 22.8 Å². The molecule has 1 aromatic heterocycles. The van der Waals surface area contributed by atoms with Crippen molar-refractivity contribution in [1.82, 2.24) is 9.97 Å². The molecule has 0 fully saturated rings. The highest BCUT2D eigenvalue weighted by Crippen LogP contribution is 2.26. The van der Waals surface area contributed by atoms with Crippen molar-refractivity contribution >= 4 is 11.6 Å². The van der Waals surface area contributed by atoms with Crippen LogP contribution in [0.2, 0.25) is 0 Å². The molecule has 0 spiro atoms. The molecule has 6 nitrogen and oxygen atoms in total.